The molecule has 1 amide bonds. The lowest BCUT2D eigenvalue weighted by Gasteiger charge is -2.35. The number of anilines is 1. The lowest BCUT2D eigenvalue weighted by Crippen LogP contribution is -2.48. The van der Waals surface area contributed by atoms with Crippen molar-refractivity contribution in [1.82, 2.24) is 24.4 Å². The third-order valence-electron chi connectivity index (χ3n) is 4.76. The van der Waals surface area contributed by atoms with Gasteiger partial charge in [0.15, 0.2) is 0 Å². The smallest absolute Gasteiger partial charge is 0.264 e. The van der Waals surface area contributed by atoms with Crippen molar-refractivity contribution < 1.29 is 4.79 Å². The Bertz CT molecular complexity index is 912. The predicted octanol–water partition coefficient (Wildman–Crippen LogP) is 2.30. The highest BCUT2D eigenvalue weighted by molar-refractivity contribution is 7.12. The van der Waals surface area contributed by atoms with E-state index in [1.807, 2.05) is 46.9 Å². The maximum Gasteiger partial charge on any atom is 0.264 e. The van der Waals surface area contributed by atoms with Crippen LogP contribution in [0.2, 0.25) is 0 Å². The van der Waals surface area contributed by atoms with E-state index in [1.54, 1.807) is 12.7 Å². The summed E-state index contributed by atoms with van der Waals surface area (Å²) in [5, 5.41) is 1.94. The summed E-state index contributed by atoms with van der Waals surface area (Å²) >= 11 is 1.49. The number of hydrogen-bond acceptors (Lipinski definition) is 6. The number of carbonyl (C=O) groups excluding carboxylic acids is 1. The van der Waals surface area contributed by atoms with Crippen LogP contribution in [-0.2, 0) is 0 Å². The number of aromatic nitrogens is 4. The van der Waals surface area contributed by atoms with Crippen LogP contribution < -0.4 is 4.90 Å². The molecule has 0 bridgehead atoms. The summed E-state index contributed by atoms with van der Waals surface area (Å²) in [4.78, 5) is 30.5. The Morgan fingerprint density at radius 1 is 1.08 bits per heavy atom. The molecule has 3 aromatic rings. The van der Waals surface area contributed by atoms with Crippen molar-refractivity contribution >= 4 is 23.1 Å². The van der Waals surface area contributed by atoms with Gasteiger partial charge in [-0.1, -0.05) is 6.07 Å². The molecular weight excluding hydrogens is 348 g/mol. The minimum absolute atomic E-state index is 0.118. The fourth-order valence-corrected chi connectivity index (χ4v) is 3.76. The number of piperazine rings is 1. The lowest BCUT2D eigenvalue weighted by molar-refractivity contribution is 0.0751. The summed E-state index contributed by atoms with van der Waals surface area (Å²) in [6.45, 7) is 6.92. The van der Waals surface area contributed by atoms with Crippen LogP contribution >= 0.6 is 11.3 Å². The van der Waals surface area contributed by atoms with Gasteiger partial charge in [0.25, 0.3) is 5.91 Å². The van der Waals surface area contributed by atoms with Gasteiger partial charge in [0.1, 0.15) is 24.3 Å². The Morgan fingerprint density at radius 3 is 2.50 bits per heavy atom. The van der Waals surface area contributed by atoms with Crippen LogP contribution in [0, 0.1) is 13.8 Å². The van der Waals surface area contributed by atoms with Gasteiger partial charge in [-0.15, -0.1) is 11.3 Å². The molecule has 0 atom stereocenters. The van der Waals surface area contributed by atoms with Crippen LogP contribution in [0.15, 0.2) is 36.2 Å². The zero-order valence-corrected chi connectivity index (χ0v) is 15.6. The fourth-order valence-electron chi connectivity index (χ4n) is 3.07. The van der Waals surface area contributed by atoms with Crippen LogP contribution in [0.25, 0.3) is 5.82 Å². The van der Waals surface area contributed by atoms with E-state index in [4.69, 9.17) is 0 Å². The monoisotopic (exact) mass is 368 g/mol. The molecule has 0 unspecified atom stereocenters. The van der Waals surface area contributed by atoms with Gasteiger partial charge in [-0.05, 0) is 25.3 Å². The van der Waals surface area contributed by atoms with Crippen LogP contribution in [0.3, 0.4) is 0 Å². The third-order valence-corrected chi connectivity index (χ3v) is 5.62. The Labute approximate surface area is 155 Å². The maximum absolute atomic E-state index is 12.5. The summed E-state index contributed by atoms with van der Waals surface area (Å²) in [7, 11) is 0. The van der Waals surface area contributed by atoms with Crippen molar-refractivity contribution in [2.45, 2.75) is 13.8 Å². The maximum atomic E-state index is 12.5. The van der Waals surface area contributed by atoms with Crippen LogP contribution in [0.1, 0.15) is 21.1 Å². The van der Waals surface area contributed by atoms with E-state index in [0.29, 0.717) is 13.1 Å². The molecule has 0 aliphatic carbocycles. The standard InChI is InChI=1S/C18H20N6OS/c1-13-14(2)24(12-21-13)17-10-16(19-11-20-17)22-5-7-23(8-6-22)18(25)15-4-3-9-26-15/h3-4,9-12H,5-8H2,1-2H3. The molecule has 1 aliphatic rings. The van der Waals surface area contributed by atoms with Gasteiger partial charge in [0.2, 0.25) is 0 Å². The molecule has 4 heterocycles. The van der Waals surface area contributed by atoms with E-state index in [9.17, 15) is 4.79 Å². The number of nitrogens with zero attached hydrogens (tertiary/aromatic N) is 6. The molecule has 1 aliphatic heterocycles. The van der Waals surface area contributed by atoms with Gasteiger partial charge in [0.05, 0.1) is 10.6 Å². The first-order chi connectivity index (χ1) is 12.6. The van der Waals surface area contributed by atoms with E-state index in [1.165, 1.54) is 11.3 Å². The number of thiophene rings is 1. The molecule has 7 nitrogen and oxygen atoms in total. The summed E-state index contributed by atoms with van der Waals surface area (Å²) in [6.07, 6.45) is 3.37. The number of aryl methyl sites for hydroxylation is 1. The van der Waals surface area contributed by atoms with Gasteiger partial charge in [-0.3, -0.25) is 9.36 Å². The average Bonchev–Trinajstić information content (AvgIpc) is 3.33. The van der Waals surface area contributed by atoms with Crippen molar-refractivity contribution in [1.29, 1.82) is 0 Å². The SMILES string of the molecule is Cc1ncn(-c2cc(N3CCN(C(=O)c4cccs4)CC3)ncn2)c1C. The number of imidazole rings is 1. The summed E-state index contributed by atoms with van der Waals surface area (Å²) in [5.41, 5.74) is 2.06. The Kier molecular flexibility index (Phi) is 4.42. The molecule has 0 spiro atoms. The molecule has 1 saturated heterocycles. The zero-order valence-electron chi connectivity index (χ0n) is 14.8. The molecule has 134 valence electrons. The second kappa shape index (κ2) is 6.87. The molecule has 0 saturated carbocycles. The minimum atomic E-state index is 0.118. The number of carbonyl (C=O) groups is 1. The second-order valence-corrected chi connectivity index (χ2v) is 7.22. The minimum Gasteiger partial charge on any atom is -0.353 e. The molecule has 1 fully saturated rings. The van der Waals surface area contributed by atoms with Crippen LogP contribution in [0.5, 0.6) is 0 Å². The third kappa shape index (κ3) is 3.08. The quantitative estimate of drug-likeness (QED) is 0.710. The Balaban J connectivity index is 1.47. The van der Waals surface area contributed by atoms with Gasteiger partial charge in [-0.25, -0.2) is 15.0 Å². The molecular formula is C18H20N6OS. The highest BCUT2D eigenvalue weighted by Crippen LogP contribution is 2.19. The van der Waals surface area contributed by atoms with Crippen LogP contribution in [-0.4, -0.2) is 56.5 Å². The Morgan fingerprint density at radius 2 is 1.85 bits per heavy atom. The van der Waals surface area contributed by atoms with Crippen molar-refractivity contribution in [2.24, 2.45) is 0 Å². The van der Waals surface area contributed by atoms with Crippen molar-refractivity contribution in [2.75, 3.05) is 31.1 Å². The summed E-state index contributed by atoms with van der Waals surface area (Å²) < 4.78 is 1.97. The summed E-state index contributed by atoms with van der Waals surface area (Å²) in [5.74, 6) is 1.81. The molecule has 26 heavy (non-hydrogen) atoms. The Hall–Kier alpha value is -2.74. The van der Waals surface area contributed by atoms with E-state index in [2.05, 4.69) is 19.9 Å². The van der Waals surface area contributed by atoms with Gasteiger partial charge in [-0.2, -0.15) is 0 Å². The lowest BCUT2D eigenvalue weighted by atomic mass is 10.3. The first-order valence-electron chi connectivity index (χ1n) is 8.54. The highest BCUT2D eigenvalue weighted by atomic mass is 32.1. The number of rotatable bonds is 3. The molecule has 0 aromatic carbocycles. The molecule has 8 heteroatoms. The topological polar surface area (TPSA) is 67.2 Å². The van der Waals surface area contributed by atoms with E-state index in [-0.39, 0.29) is 5.91 Å². The van der Waals surface area contributed by atoms with Crippen molar-refractivity contribution in [3.05, 3.63) is 52.5 Å². The molecule has 4 rings (SSSR count). The first kappa shape index (κ1) is 16.7. The fraction of sp³-hybridized carbons (Fsp3) is 0.333. The van der Waals surface area contributed by atoms with Gasteiger partial charge >= 0.3 is 0 Å². The van der Waals surface area contributed by atoms with Crippen molar-refractivity contribution in [3.8, 4) is 5.82 Å². The van der Waals surface area contributed by atoms with Crippen molar-refractivity contribution in [3.63, 3.8) is 0 Å². The summed E-state index contributed by atoms with van der Waals surface area (Å²) in [6, 6.07) is 5.77. The highest BCUT2D eigenvalue weighted by Gasteiger charge is 2.23. The van der Waals surface area contributed by atoms with Crippen LogP contribution in [0.4, 0.5) is 5.82 Å². The van der Waals surface area contributed by atoms with Gasteiger partial charge in [0, 0.05) is 37.9 Å². The van der Waals surface area contributed by atoms with E-state index in [0.717, 1.165) is 41.0 Å². The molecule has 0 N–H and O–H groups in total. The normalized spacial score (nSPS) is 14.7. The number of hydrogen-bond donors (Lipinski definition) is 0. The zero-order chi connectivity index (χ0) is 18.1. The number of amides is 1. The van der Waals surface area contributed by atoms with Gasteiger partial charge < -0.3 is 9.80 Å². The van der Waals surface area contributed by atoms with E-state index < -0.39 is 0 Å². The largest absolute Gasteiger partial charge is 0.353 e. The molecule has 0 radical (unpaired) electrons. The first-order valence-corrected chi connectivity index (χ1v) is 9.42. The predicted molar refractivity (Wildman–Crippen MR) is 101 cm³/mol. The van der Waals surface area contributed by atoms with E-state index >= 15 is 0 Å². The molecule has 3 aromatic heterocycles. The average molecular weight is 368 g/mol. The second-order valence-electron chi connectivity index (χ2n) is 6.28.